The first-order chi connectivity index (χ1) is 13.5. The number of para-hydroxylation sites is 1. The minimum atomic E-state index is 0.0254. The maximum atomic E-state index is 13.2. The number of rotatable bonds is 2. The van der Waals surface area contributed by atoms with Crippen LogP contribution in [-0.2, 0) is 7.05 Å². The predicted molar refractivity (Wildman–Crippen MR) is 112 cm³/mol. The molecule has 0 aliphatic carbocycles. The highest BCUT2D eigenvalue weighted by Crippen LogP contribution is 2.24. The molecule has 0 spiro atoms. The van der Waals surface area contributed by atoms with E-state index in [9.17, 15) is 4.79 Å². The summed E-state index contributed by atoms with van der Waals surface area (Å²) in [7, 11) is 5.97. The third-order valence-electron chi connectivity index (χ3n) is 5.24. The third-order valence-corrected chi connectivity index (χ3v) is 5.24. The fourth-order valence-electron chi connectivity index (χ4n) is 3.78. The molecule has 6 nitrogen and oxygen atoms in total. The van der Waals surface area contributed by atoms with Crippen LogP contribution in [0.5, 0.6) is 0 Å². The van der Waals surface area contributed by atoms with Gasteiger partial charge in [-0.25, -0.2) is 9.13 Å². The van der Waals surface area contributed by atoms with Crippen molar-refractivity contribution >= 4 is 38.5 Å². The van der Waals surface area contributed by atoms with Crippen LogP contribution in [0.4, 0.5) is 5.69 Å². The number of hydrogen-bond donors (Lipinski definition) is 1. The van der Waals surface area contributed by atoms with Crippen molar-refractivity contribution in [2.45, 2.75) is 0 Å². The number of fused-ring (bicyclic) bond motifs is 4. The van der Waals surface area contributed by atoms with Crippen LogP contribution in [0.15, 0.2) is 65.7 Å². The maximum absolute atomic E-state index is 13.2. The zero-order chi connectivity index (χ0) is 19.4. The molecule has 0 bridgehead atoms. The van der Waals surface area contributed by atoms with E-state index in [1.165, 1.54) is 0 Å². The molecule has 6 heteroatoms. The van der Waals surface area contributed by atoms with Gasteiger partial charge < -0.3 is 9.88 Å². The zero-order valence-electron chi connectivity index (χ0n) is 16.0. The minimum Gasteiger partial charge on any atom is -0.377 e. The summed E-state index contributed by atoms with van der Waals surface area (Å²) >= 11 is 0. The Morgan fingerprint density at radius 3 is 2.50 bits per heavy atom. The summed E-state index contributed by atoms with van der Waals surface area (Å²) in [6.07, 6.45) is 3.97. The van der Waals surface area contributed by atoms with E-state index in [2.05, 4.69) is 9.88 Å². The van der Waals surface area contributed by atoms with Crippen molar-refractivity contribution in [1.29, 1.82) is 0 Å². The third kappa shape index (κ3) is 2.31. The van der Waals surface area contributed by atoms with Crippen LogP contribution in [0.1, 0.15) is 0 Å². The molecule has 5 aromatic rings. The number of nitrogens with one attached hydrogen (secondary N) is 1. The number of aromatic nitrogens is 4. The van der Waals surface area contributed by atoms with Crippen molar-refractivity contribution in [2.75, 3.05) is 19.0 Å². The highest BCUT2D eigenvalue weighted by molar-refractivity contribution is 6.07. The Morgan fingerprint density at radius 2 is 1.75 bits per heavy atom. The summed E-state index contributed by atoms with van der Waals surface area (Å²) in [6, 6.07) is 15.6. The summed E-state index contributed by atoms with van der Waals surface area (Å²) in [6.45, 7) is 0. The first-order valence-corrected chi connectivity index (χ1v) is 9.14. The van der Waals surface area contributed by atoms with Gasteiger partial charge in [0, 0.05) is 30.7 Å². The number of aromatic amines is 1. The van der Waals surface area contributed by atoms with Crippen molar-refractivity contribution in [2.24, 2.45) is 7.05 Å². The fourth-order valence-corrected chi connectivity index (χ4v) is 3.78. The van der Waals surface area contributed by atoms with Gasteiger partial charge >= 0.3 is 5.95 Å². The van der Waals surface area contributed by atoms with Crippen LogP contribution >= 0.6 is 0 Å². The van der Waals surface area contributed by atoms with E-state index < -0.39 is 0 Å². The molecule has 0 fully saturated rings. The van der Waals surface area contributed by atoms with Crippen molar-refractivity contribution < 1.29 is 4.57 Å². The Balaban J connectivity index is 1.82. The van der Waals surface area contributed by atoms with Gasteiger partial charge in [-0.1, -0.05) is 17.1 Å². The summed E-state index contributed by atoms with van der Waals surface area (Å²) in [5.74, 6) is 0.764. The number of hydrogen-bond acceptors (Lipinski definition) is 3. The minimum absolute atomic E-state index is 0.0254. The van der Waals surface area contributed by atoms with E-state index in [0.717, 1.165) is 33.7 Å². The lowest BCUT2D eigenvalue weighted by Gasteiger charge is -2.11. The number of anilines is 1. The van der Waals surface area contributed by atoms with E-state index in [1.807, 2.05) is 91.2 Å². The lowest BCUT2D eigenvalue weighted by Crippen LogP contribution is -2.33. The Labute approximate surface area is 161 Å². The summed E-state index contributed by atoms with van der Waals surface area (Å²) in [5.41, 5.74) is 4.44. The number of imidazole rings is 1. The topological polar surface area (TPSA) is 57.8 Å². The van der Waals surface area contributed by atoms with Crippen LogP contribution < -0.4 is 14.9 Å². The Hall–Kier alpha value is -3.67. The van der Waals surface area contributed by atoms with Crippen LogP contribution in [-0.4, -0.2) is 28.6 Å². The molecule has 138 valence electrons. The monoisotopic (exact) mass is 370 g/mol. The van der Waals surface area contributed by atoms with Gasteiger partial charge in [0.2, 0.25) is 5.43 Å². The average Bonchev–Trinajstić information content (AvgIpc) is 3.05. The molecular formula is C22H20N5O+. The average molecular weight is 370 g/mol. The molecular weight excluding hydrogens is 350 g/mol. The SMILES string of the molecule is CN(C)c1cc[n+](-c2nc3ccc4[nH]c5ccccc5c(=O)c4c3n2C)cc1. The summed E-state index contributed by atoms with van der Waals surface area (Å²) in [4.78, 5) is 23.5. The van der Waals surface area contributed by atoms with Gasteiger partial charge in [0.15, 0.2) is 11.0 Å². The molecule has 28 heavy (non-hydrogen) atoms. The molecule has 0 aliphatic rings. The molecule has 1 N–H and O–H groups in total. The van der Waals surface area contributed by atoms with Gasteiger partial charge in [0.05, 0.1) is 30.3 Å². The van der Waals surface area contributed by atoms with Crippen molar-refractivity contribution in [1.82, 2.24) is 14.5 Å². The van der Waals surface area contributed by atoms with E-state index in [4.69, 9.17) is 4.98 Å². The number of H-pyrrole nitrogens is 1. The van der Waals surface area contributed by atoms with Crippen LogP contribution in [0, 0.1) is 0 Å². The second-order valence-electron chi connectivity index (χ2n) is 7.18. The van der Waals surface area contributed by atoms with Crippen LogP contribution in [0.25, 0.3) is 38.8 Å². The molecule has 5 rings (SSSR count). The second-order valence-corrected chi connectivity index (χ2v) is 7.18. The molecule has 0 saturated heterocycles. The predicted octanol–water partition coefficient (Wildman–Crippen LogP) is 2.91. The van der Waals surface area contributed by atoms with Gasteiger partial charge in [-0.2, -0.15) is 0 Å². The number of benzene rings is 2. The molecule has 2 aromatic carbocycles. The molecule has 3 aromatic heterocycles. The van der Waals surface area contributed by atoms with E-state index in [1.54, 1.807) is 0 Å². The molecule has 0 aliphatic heterocycles. The van der Waals surface area contributed by atoms with Crippen LogP contribution in [0.3, 0.4) is 0 Å². The normalized spacial score (nSPS) is 11.5. The summed E-state index contributed by atoms with van der Waals surface area (Å²) in [5, 5.41) is 1.36. The number of pyridine rings is 2. The molecule has 0 radical (unpaired) electrons. The Bertz CT molecular complexity index is 1410. The van der Waals surface area contributed by atoms with Gasteiger partial charge in [-0.3, -0.25) is 4.79 Å². The Kier molecular flexibility index (Phi) is 3.49. The number of nitrogens with zero attached hydrogens (tertiary/aromatic N) is 4. The molecule has 3 heterocycles. The van der Waals surface area contributed by atoms with E-state index in [0.29, 0.717) is 10.8 Å². The van der Waals surface area contributed by atoms with Crippen molar-refractivity contribution in [3.05, 3.63) is 71.1 Å². The van der Waals surface area contributed by atoms with Crippen molar-refractivity contribution in [3.8, 4) is 5.95 Å². The molecule has 0 saturated carbocycles. The van der Waals surface area contributed by atoms with Gasteiger partial charge in [-0.05, 0) is 36.4 Å². The number of aryl methyl sites for hydroxylation is 1. The van der Waals surface area contributed by atoms with Gasteiger partial charge in [-0.15, -0.1) is 0 Å². The molecule has 0 amide bonds. The van der Waals surface area contributed by atoms with Crippen LogP contribution in [0.2, 0.25) is 0 Å². The van der Waals surface area contributed by atoms with E-state index >= 15 is 0 Å². The lowest BCUT2D eigenvalue weighted by atomic mass is 10.1. The highest BCUT2D eigenvalue weighted by atomic mass is 16.1. The highest BCUT2D eigenvalue weighted by Gasteiger charge is 2.22. The van der Waals surface area contributed by atoms with Crippen molar-refractivity contribution in [3.63, 3.8) is 0 Å². The van der Waals surface area contributed by atoms with E-state index in [-0.39, 0.29) is 5.43 Å². The molecule has 0 atom stereocenters. The second kappa shape index (κ2) is 5.92. The summed E-state index contributed by atoms with van der Waals surface area (Å²) < 4.78 is 3.95. The first kappa shape index (κ1) is 16.5. The smallest absolute Gasteiger partial charge is 0.377 e. The Morgan fingerprint density at radius 1 is 1.00 bits per heavy atom. The lowest BCUT2D eigenvalue weighted by molar-refractivity contribution is -0.604. The molecule has 0 unspecified atom stereocenters. The largest absolute Gasteiger partial charge is 0.404 e. The fraction of sp³-hybridized carbons (Fsp3) is 0.136. The van der Waals surface area contributed by atoms with Gasteiger partial charge in [0.25, 0.3) is 0 Å². The maximum Gasteiger partial charge on any atom is 0.404 e. The standard InChI is InChI=1S/C22H19N5O/c1-25(2)14-10-12-27(13-11-14)22-24-18-9-8-17-19(20(18)26(22)3)21(28)15-6-4-5-7-16(15)23-17/h4-13H,1-3H3/p+1. The first-order valence-electron chi connectivity index (χ1n) is 9.14. The zero-order valence-corrected chi connectivity index (χ0v) is 16.0. The van der Waals surface area contributed by atoms with Gasteiger partial charge in [0.1, 0.15) is 0 Å². The quantitative estimate of drug-likeness (QED) is 0.384.